The van der Waals surface area contributed by atoms with Crippen molar-refractivity contribution in [3.05, 3.63) is 21.3 Å². The molecule has 0 saturated carbocycles. The Morgan fingerprint density at radius 2 is 2.47 bits per heavy atom. The highest BCUT2D eigenvalue weighted by Crippen LogP contribution is 2.21. The van der Waals surface area contributed by atoms with Gasteiger partial charge in [-0.2, -0.15) is 0 Å². The van der Waals surface area contributed by atoms with Crippen molar-refractivity contribution in [2.24, 2.45) is 0 Å². The number of halogens is 1. The molecule has 1 aliphatic heterocycles. The maximum absolute atomic E-state index is 9.96. The minimum Gasteiger partial charge on any atom is -0.386 e. The van der Waals surface area contributed by atoms with Gasteiger partial charge in [0, 0.05) is 31.0 Å². The van der Waals surface area contributed by atoms with Crippen molar-refractivity contribution in [2.45, 2.75) is 18.6 Å². The third-order valence-corrected chi connectivity index (χ3v) is 3.70. The highest BCUT2D eigenvalue weighted by atomic mass is 35.5. The molecule has 0 aliphatic carbocycles. The molecule has 1 aromatic heterocycles. The molecule has 15 heavy (non-hydrogen) atoms. The summed E-state index contributed by atoms with van der Waals surface area (Å²) in [5.74, 6) is 0. The van der Waals surface area contributed by atoms with E-state index in [-0.39, 0.29) is 0 Å². The van der Waals surface area contributed by atoms with Gasteiger partial charge in [0.1, 0.15) is 5.60 Å². The van der Waals surface area contributed by atoms with Crippen molar-refractivity contribution in [3.63, 3.8) is 0 Å². The van der Waals surface area contributed by atoms with Gasteiger partial charge in [0.05, 0.1) is 10.9 Å². The fraction of sp³-hybridized carbons (Fsp3) is 0.600. The van der Waals surface area contributed by atoms with Crippen LogP contribution in [0.5, 0.6) is 0 Å². The van der Waals surface area contributed by atoms with Gasteiger partial charge in [0.15, 0.2) is 0 Å². The molecule has 1 saturated heterocycles. The van der Waals surface area contributed by atoms with Crippen molar-refractivity contribution in [1.82, 2.24) is 5.32 Å². The minimum absolute atomic E-state index is 0.436. The van der Waals surface area contributed by atoms with Crippen molar-refractivity contribution >= 4 is 22.9 Å². The Labute approximate surface area is 98.0 Å². The summed E-state index contributed by atoms with van der Waals surface area (Å²) >= 11 is 7.37. The number of rotatable bonds is 4. The summed E-state index contributed by atoms with van der Waals surface area (Å²) < 4.78 is 5.96. The van der Waals surface area contributed by atoms with E-state index in [0.717, 1.165) is 10.9 Å². The normalized spacial score (nSPS) is 26.0. The average molecular weight is 248 g/mol. The van der Waals surface area contributed by atoms with Gasteiger partial charge in [-0.05, 0) is 12.1 Å². The van der Waals surface area contributed by atoms with Gasteiger partial charge in [0.25, 0.3) is 0 Å². The maximum Gasteiger partial charge on any atom is 0.103 e. The molecule has 2 heterocycles. The molecule has 1 fully saturated rings. The van der Waals surface area contributed by atoms with Crippen LogP contribution in [0.3, 0.4) is 0 Å². The first-order valence-electron chi connectivity index (χ1n) is 4.93. The van der Waals surface area contributed by atoms with Gasteiger partial charge < -0.3 is 15.2 Å². The van der Waals surface area contributed by atoms with Crippen molar-refractivity contribution in [3.8, 4) is 0 Å². The summed E-state index contributed by atoms with van der Waals surface area (Å²) in [6.07, 6.45) is 0.713. The highest BCUT2D eigenvalue weighted by Gasteiger charge is 2.31. The number of thiophene rings is 1. The van der Waals surface area contributed by atoms with E-state index in [1.165, 1.54) is 4.88 Å². The topological polar surface area (TPSA) is 41.5 Å². The molecular formula is C10H14ClNO2S. The molecule has 1 atom stereocenters. The molecule has 3 nitrogen and oxygen atoms in total. The molecule has 2 N–H and O–H groups in total. The van der Waals surface area contributed by atoms with Crippen LogP contribution in [0.4, 0.5) is 0 Å². The summed E-state index contributed by atoms with van der Waals surface area (Å²) in [5, 5.41) is 13.2. The first kappa shape index (κ1) is 11.4. The lowest BCUT2D eigenvalue weighted by molar-refractivity contribution is 0.0269. The molecule has 84 valence electrons. The van der Waals surface area contributed by atoms with E-state index < -0.39 is 5.60 Å². The minimum atomic E-state index is -0.680. The monoisotopic (exact) mass is 247 g/mol. The second-order valence-electron chi connectivity index (χ2n) is 3.84. The smallest absolute Gasteiger partial charge is 0.103 e. The van der Waals surface area contributed by atoms with E-state index >= 15 is 0 Å². The van der Waals surface area contributed by atoms with Crippen LogP contribution >= 0.6 is 22.9 Å². The first-order valence-corrected chi connectivity index (χ1v) is 6.12. The largest absolute Gasteiger partial charge is 0.386 e. The van der Waals surface area contributed by atoms with Gasteiger partial charge in [-0.3, -0.25) is 0 Å². The van der Waals surface area contributed by atoms with E-state index in [2.05, 4.69) is 5.32 Å². The number of ether oxygens (including phenoxy) is 1. The Kier molecular flexibility index (Phi) is 3.64. The lowest BCUT2D eigenvalue weighted by Crippen LogP contribution is -2.40. The quantitative estimate of drug-likeness (QED) is 0.850. The van der Waals surface area contributed by atoms with Crippen molar-refractivity contribution in [1.29, 1.82) is 0 Å². The Morgan fingerprint density at radius 3 is 3.07 bits per heavy atom. The van der Waals surface area contributed by atoms with Crippen molar-refractivity contribution in [2.75, 3.05) is 19.8 Å². The Morgan fingerprint density at radius 1 is 1.60 bits per heavy atom. The van der Waals surface area contributed by atoms with Crippen LogP contribution < -0.4 is 5.32 Å². The fourth-order valence-electron chi connectivity index (χ4n) is 1.60. The molecule has 0 bridgehead atoms. The predicted molar refractivity (Wildman–Crippen MR) is 61.4 cm³/mol. The van der Waals surface area contributed by atoms with Crippen LogP contribution in [0.1, 0.15) is 11.3 Å². The summed E-state index contributed by atoms with van der Waals surface area (Å²) in [4.78, 5) is 1.18. The van der Waals surface area contributed by atoms with Gasteiger partial charge in [0.2, 0.25) is 0 Å². The van der Waals surface area contributed by atoms with Gasteiger partial charge in [-0.25, -0.2) is 0 Å². The van der Waals surface area contributed by atoms with Gasteiger partial charge in [-0.1, -0.05) is 11.6 Å². The Hall–Kier alpha value is -0.130. The van der Waals surface area contributed by atoms with Crippen LogP contribution in [0.25, 0.3) is 0 Å². The lowest BCUT2D eigenvalue weighted by Gasteiger charge is -2.20. The molecule has 1 aromatic rings. The molecule has 0 spiro atoms. The first-order chi connectivity index (χ1) is 7.18. The van der Waals surface area contributed by atoms with E-state index in [0.29, 0.717) is 26.2 Å². The number of nitrogens with one attached hydrogen (secondary N) is 1. The summed E-state index contributed by atoms with van der Waals surface area (Å²) in [5.41, 5.74) is -0.680. The number of hydrogen-bond acceptors (Lipinski definition) is 4. The van der Waals surface area contributed by atoms with Gasteiger partial charge >= 0.3 is 0 Å². The standard InChI is InChI=1S/C10H14ClNO2S/c11-9-2-1-8(15-9)5-12-6-10(13)3-4-14-7-10/h1-2,12-13H,3-7H2. The fourth-order valence-corrected chi connectivity index (χ4v) is 2.66. The molecule has 1 aliphatic rings. The summed E-state index contributed by atoms with van der Waals surface area (Å²) in [7, 11) is 0. The molecular weight excluding hydrogens is 234 g/mol. The SMILES string of the molecule is OC1(CNCc2ccc(Cl)s2)CCOC1. The van der Waals surface area contributed by atoms with E-state index in [1.807, 2.05) is 12.1 Å². The zero-order chi connectivity index (χ0) is 10.7. The van der Waals surface area contributed by atoms with Gasteiger partial charge in [-0.15, -0.1) is 11.3 Å². The summed E-state index contributed by atoms with van der Waals surface area (Å²) in [6.45, 7) is 2.41. The predicted octanol–water partition coefficient (Wildman–Crippen LogP) is 1.64. The van der Waals surface area contributed by atoms with Crippen LogP contribution in [-0.2, 0) is 11.3 Å². The van der Waals surface area contributed by atoms with E-state index in [4.69, 9.17) is 16.3 Å². The van der Waals surface area contributed by atoms with E-state index in [9.17, 15) is 5.11 Å². The molecule has 1 unspecified atom stereocenters. The molecule has 0 amide bonds. The maximum atomic E-state index is 9.96. The third-order valence-electron chi connectivity index (χ3n) is 2.46. The molecule has 5 heteroatoms. The van der Waals surface area contributed by atoms with Crippen LogP contribution in [0.2, 0.25) is 4.34 Å². The van der Waals surface area contributed by atoms with E-state index in [1.54, 1.807) is 11.3 Å². The Bertz CT molecular complexity index is 323. The zero-order valence-corrected chi connectivity index (χ0v) is 9.90. The van der Waals surface area contributed by atoms with Crippen LogP contribution in [-0.4, -0.2) is 30.5 Å². The Balaban J connectivity index is 1.75. The molecule has 0 aromatic carbocycles. The highest BCUT2D eigenvalue weighted by molar-refractivity contribution is 7.16. The zero-order valence-electron chi connectivity index (χ0n) is 8.33. The summed E-state index contributed by atoms with van der Waals surface area (Å²) in [6, 6.07) is 3.88. The number of hydrogen-bond donors (Lipinski definition) is 2. The number of aliphatic hydroxyl groups is 1. The second kappa shape index (κ2) is 4.80. The third kappa shape index (κ3) is 3.16. The average Bonchev–Trinajstić information content (AvgIpc) is 2.76. The molecule has 2 rings (SSSR count). The molecule has 0 radical (unpaired) electrons. The second-order valence-corrected chi connectivity index (χ2v) is 5.64. The lowest BCUT2D eigenvalue weighted by atomic mass is 10.0. The van der Waals surface area contributed by atoms with Crippen molar-refractivity contribution < 1.29 is 9.84 Å². The van der Waals surface area contributed by atoms with Crippen LogP contribution in [0.15, 0.2) is 12.1 Å². The van der Waals surface area contributed by atoms with Crippen LogP contribution in [0, 0.1) is 0 Å².